The normalized spacial score (nSPS) is 10.5. The van der Waals surface area contributed by atoms with Gasteiger partial charge in [0.2, 0.25) is 0 Å². The number of nitrogens with zero attached hydrogens (tertiary/aromatic N) is 5. The van der Waals surface area contributed by atoms with Crippen molar-refractivity contribution >= 4 is 22.4 Å². The highest BCUT2D eigenvalue weighted by Crippen LogP contribution is 2.24. The van der Waals surface area contributed by atoms with Crippen molar-refractivity contribution in [3.8, 4) is 0 Å². The fourth-order valence-electron chi connectivity index (χ4n) is 1.90. The van der Waals surface area contributed by atoms with E-state index >= 15 is 0 Å². The van der Waals surface area contributed by atoms with E-state index in [1.807, 2.05) is 6.07 Å². The van der Waals surface area contributed by atoms with Gasteiger partial charge in [0.15, 0.2) is 0 Å². The molecule has 0 amide bonds. The number of anilines is 1. The van der Waals surface area contributed by atoms with Crippen molar-refractivity contribution in [3.05, 3.63) is 58.7 Å². The number of fused-ring (bicyclic) bond motifs is 1. The maximum atomic E-state index is 10.9. The molecule has 0 saturated heterocycles. The lowest BCUT2D eigenvalue weighted by Gasteiger charge is -2.07. The van der Waals surface area contributed by atoms with Crippen LogP contribution in [-0.2, 0) is 6.54 Å². The molecule has 0 bridgehead atoms. The summed E-state index contributed by atoms with van der Waals surface area (Å²) >= 11 is 0. The van der Waals surface area contributed by atoms with Crippen LogP contribution in [0.15, 0.2) is 42.9 Å². The van der Waals surface area contributed by atoms with E-state index in [2.05, 4.69) is 25.5 Å². The van der Waals surface area contributed by atoms with E-state index < -0.39 is 4.92 Å². The van der Waals surface area contributed by atoms with Crippen LogP contribution in [0.1, 0.15) is 5.69 Å². The molecular weight excluding hydrogens is 272 g/mol. The van der Waals surface area contributed by atoms with E-state index in [1.165, 1.54) is 18.5 Å². The van der Waals surface area contributed by atoms with Crippen molar-refractivity contribution in [1.82, 2.24) is 20.2 Å². The van der Waals surface area contributed by atoms with Gasteiger partial charge in [0, 0.05) is 23.7 Å². The van der Waals surface area contributed by atoms with Crippen LogP contribution in [0.25, 0.3) is 10.9 Å². The largest absolute Gasteiger partial charge is 0.364 e. The van der Waals surface area contributed by atoms with Gasteiger partial charge in [0.25, 0.3) is 5.69 Å². The molecular formula is C13H10N6O2. The summed E-state index contributed by atoms with van der Waals surface area (Å²) in [6.45, 7) is 0.419. The van der Waals surface area contributed by atoms with Crippen molar-refractivity contribution in [2.75, 3.05) is 5.32 Å². The molecule has 0 atom stereocenters. The van der Waals surface area contributed by atoms with Crippen LogP contribution in [0.2, 0.25) is 0 Å². The van der Waals surface area contributed by atoms with Gasteiger partial charge in [0.1, 0.15) is 12.1 Å². The molecule has 104 valence electrons. The molecule has 0 saturated carbocycles. The molecule has 1 aromatic carbocycles. The SMILES string of the molecule is O=[N+]([O-])c1ccc2ncnc(NCc3cccnn3)c2c1. The Kier molecular flexibility index (Phi) is 3.34. The van der Waals surface area contributed by atoms with Gasteiger partial charge in [-0.25, -0.2) is 9.97 Å². The molecule has 8 heteroatoms. The molecule has 2 aromatic heterocycles. The van der Waals surface area contributed by atoms with Gasteiger partial charge in [0.05, 0.1) is 22.7 Å². The molecule has 0 radical (unpaired) electrons. The number of aromatic nitrogens is 4. The first-order valence-electron chi connectivity index (χ1n) is 6.13. The summed E-state index contributed by atoms with van der Waals surface area (Å²) in [6, 6.07) is 8.08. The Morgan fingerprint density at radius 1 is 1.24 bits per heavy atom. The number of non-ortho nitro benzene ring substituents is 1. The fraction of sp³-hybridized carbons (Fsp3) is 0.0769. The Balaban J connectivity index is 1.94. The van der Waals surface area contributed by atoms with Crippen molar-refractivity contribution in [3.63, 3.8) is 0 Å². The quantitative estimate of drug-likeness (QED) is 0.575. The fourth-order valence-corrected chi connectivity index (χ4v) is 1.90. The van der Waals surface area contributed by atoms with Crippen molar-refractivity contribution in [2.45, 2.75) is 6.54 Å². The van der Waals surface area contributed by atoms with E-state index in [-0.39, 0.29) is 5.69 Å². The summed E-state index contributed by atoms with van der Waals surface area (Å²) in [5.74, 6) is 0.523. The molecule has 0 aliphatic heterocycles. The Morgan fingerprint density at radius 2 is 2.14 bits per heavy atom. The predicted octanol–water partition coefficient (Wildman–Crippen LogP) is 1.94. The highest BCUT2D eigenvalue weighted by molar-refractivity contribution is 5.90. The van der Waals surface area contributed by atoms with Gasteiger partial charge >= 0.3 is 0 Å². The minimum atomic E-state index is -0.446. The monoisotopic (exact) mass is 282 g/mol. The molecule has 0 aliphatic carbocycles. The van der Waals surface area contributed by atoms with Gasteiger partial charge in [-0.3, -0.25) is 10.1 Å². The molecule has 0 spiro atoms. The number of hydrogen-bond acceptors (Lipinski definition) is 7. The average Bonchev–Trinajstić information content (AvgIpc) is 2.53. The third-order valence-electron chi connectivity index (χ3n) is 2.89. The second kappa shape index (κ2) is 5.45. The van der Waals surface area contributed by atoms with Gasteiger partial charge in [-0.05, 0) is 18.2 Å². The minimum Gasteiger partial charge on any atom is -0.364 e. The molecule has 21 heavy (non-hydrogen) atoms. The van der Waals surface area contributed by atoms with Crippen molar-refractivity contribution < 1.29 is 4.92 Å². The lowest BCUT2D eigenvalue weighted by atomic mass is 10.2. The Morgan fingerprint density at radius 3 is 2.90 bits per heavy atom. The van der Waals surface area contributed by atoms with Crippen LogP contribution in [0.4, 0.5) is 11.5 Å². The van der Waals surface area contributed by atoms with Gasteiger partial charge in [-0.15, -0.1) is 0 Å². The first-order valence-corrected chi connectivity index (χ1v) is 6.13. The summed E-state index contributed by atoms with van der Waals surface area (Å²) < 4.78 is 0. The third kappa shape index (κ3) is 2.73. The van der Waals surface area contributed by atoms with E-state index in [4.69, 9.17) is 0 Å². The number of nitro groups is 1. The molecule has 8 nitrogen and oxygen atoms in total. The van der Waals surface area contributed by atoms with E-state index in [9.17, 15) is 10.1 Å². The number of nitrogens with one attached hydrogen (secondary N) is 1. The number of hydrogen-bond donors (Lipinski definition) is 1. The third-order valence-corrected chi connectivity index (χ3v) is 2.89. The lowest BCUT2D eigenvalue weighted by molar-refractivity contribution is -0.384. The topological polar surface area (TPSA) is 107 Å². The first-order chi connectivity index (χ1) is 10.2. The second-order valence-corrected chi connectivity index (χ2v) is 4.25. The Labute approximate surface area is 119 Å². The van der Waals surface area contributed by atoms with Crippen LogP contribution in [0.5, 0.6) is 0 Å². The molecule has 2 heterocycles. The zero-order valence-corrected chi connectivity index (χ0v) is 10.8. The molecule has 0 unspecified atom stereocenters. The van der Waals surface area contributed by atoms with Crippen LogP contribution in [0, 0.1) is 10.1 Å². The summed E-state index contributed by atoms with van der Waals surface area (Å²) in [5.41, 5.74) is 1.38. The summed E-state index contributed by atoms with van der Waals surface area (Å²) in [6.07, 6.45) is 3.00. The highest BCUT2D eigenvalue weighted by Gasteiger charge is 2.10. The Hall–Kier alpha value is -3.16. The molecule has 0 fully saturated rings. The molecule has 3 rings (SSSR count). The van der Waals surface area contributed by atoms with Gasteiger partial charge in [-0.2, -0.15) is 10.2 Å². The second-order valence-electron chi connectivity index (χ2n) is 4.25. The number of benzene rings is 1. The van der Waals surface area contributed by atoms with Crippen molar-refractivity contribution in [1.29, 1.82) is 0 Å². The predicted molar refractivity (Wildman–Crippen MR) is 75.6 cm³/mol. The van der Waals surface area contributed by atoms with Crippen LogP contribution >= 0.6 is 0 Å². The summed E-state index contributed by atoms with van der Waals surface area (Å²) in [5, 5.41) is 22.3. The number of rotatable bonds is 4. The maximum absolute atomic E-state index is 10.9. The maximum Gasteiger partial charge on any atom is 0.270 e. The lowest BCUT2D eigenvalue weighted by Crippen LogP contribution is -2.04. The van der Waals surface area contributed by atoms with E-state index in [0.717, 1.165) is 5.69 Å². The first kappa shape index (κ1) is 12.9. The molecule has 3 aromatic rings. The summed E-state index contributed by atoms with van der Waals surface area (Å²) in [4.78, 5) is 18.6. The highest BCUT2D eigenvalue weighted by atomic mass is 16.6. The van der Waals surface area contributed by atoms with Gasteiger partial charge in [-0.1, -0.05) is 0 Å². The van der Waals surface area contributed by atoms with E-state index in [0.29, 0.717) is 23.3 Å². The zero-order valence-electron chi connectivity index (χ0n) is 10.8. The van der Waals surface area contributed by atoms with Crippen LogP contribution in [-0.4, -0.2) is 25.1 Å². The van der Waals surface area contributed by atoms with Gasteiger partial charge < -0.3 is 5.32 Å². The minimum absolute atomic E-state index is 0.000136. The zero-order chi connectivity index (χ0) is 14.7. The molecule has 1 N–H and O–H groups in total. The average molecular weight is 282 g/mol. The molecule has 0 aliphatic rings. The van der Waals surface area contributed by atoms with Crippen LogP contribution < -0.4 is 5.32 Å². The van der Waals surface area contributed by atoms with E-state index in [1.54, 1.807) is 18.3 Å². The number of nitro benzene ring substituents is 1. The van der Waals surface area contributed by atoms with Crippen molar-refractivity contribution in [2.24, 2.45) is 0 Å². The standard InChI is InChI=1S/C13H10N6O2/c20-19(21)10-3-4-12-11(6-10)13(16-8-15-12)14-7-9-2-1-5-17-18-9/h1-6,8H,7H2,(H,14,15,16). The Bertz CT molecular complexity index is 793. The summed E-state index contributed by atoms with van der Waals surface area (Å²) in [7, 11) is 0. The smallest absolute Gasteiger partial charge is 0.270 e. The van der Waals surface area contributed by atoms with Crippen LogP contribution in [0.3, 0.4) is 0 Å².